The summed E-state index contributed by atoms with van der Waals surface area (Å²) >= 11 is 0. The lowest BCUT2D eigenvalue weighted by Gasteiger charge is -2.08. The maximum Gasteiger partial charge on any atom is 0.488 e. The maximum atomic E-state index is 9.16. The van der Waals surface area contributed by atoms with Gasteiger partial charge in [0.15, 0.2) is 0 Å². The largest absolute Gasteiger partial charge is 0.489 e. The van der Waals surface area contributed by atoms with Crippen LogP contribution in [0.4, 0.5) is 0 Å². The zero-order valence-electron chi connectivity index (χ0n) is 11.3. The summed E-state index contributed by atoms with van der Waals surface area (Å²) in [5.41, 5.74) is 2.22. The molecule has 0 aliphatic rings. The van der Waals surface area contributed by atoms with Crippen LogP contribution in [-0.4, -0.2) is 22.2 Å². The van der Waals surface area contributed by atoms with E-state index in [1.165, 1.54) is 0 Å². The first-order valence-corrected chi connectivity index (χ1v) is 6.65. The minimum absolute atomic E-state index is 0.360. The van der Waals surface area contributed by atoms with Gasteiger partial charge in [-0.1, -0.05) is 30.3 Å². The van der Waals surface area contributed by atoms with Crippen molar-refractivity contribution in [2.24, 2.45) is 0 Å². The van der Waals surface area contributed by atoms with Crippen LogP contribution < -0.4 is 10.2 Å². The molecule has 0 aliphatic heterocycles. The Labute approximate surface area is 122 Å². The highest BCUT2D eigenvalue weighted by Gasteiger charge is 2.10. The lowest BCUT2D eigenvalue weighted by Crippen LogP contribution is -2.29. The number of ether oxygens (including phenoxy) is 1. The van der Waals surface area contributed by atoms with Crippen molar-refractivity contribution in [1.29, 1.82) is 0 Å². The molecule has 0 fully saturated rings. The van der Waals surface area contributed by atoms with Crippen LogP contribution in [0.1, 0.15) is 5.56 Å². The standard InChI is InChI=1S/C16H14BNO3/c19-17(20)14-5-1-3-12(9-14)11-21-15-7-6-13-4-2-8-18-16(13)10-15/h1-10,19-20H,11H2. The average Bonchev–Trinajstić information content (AvgIpc) is 2.53. The lowest BCUT2D eigenvalue weighted by atomic mass is 9.80. The van der Waals surface area contributed by atoms with Gasteiger partial charge in [0.25, 0.3) is 0 Å². The van der Waals surface area contributed by atoms with Gasteiger partial charge in [-0.2, -0.15) is 0 Å². The molecule has 2 aromatic carbocycles. The zero-order chi connectivity index (χ0) is 14.7. The summed E-state index contributed by atoms with van der Waals surface area (Å²) in [4.78, 5) is 4.29. The Morgan fingerprint density at radius 1 is 1.00 bits per heavy atom. The molecular formula is C16H14BNO3. The Morgan fingerprint density at radius 2 is 1.90 bits per heavy atom. The molecule has 3 aromatic rings. The van der Waals surface area contributed by atoms with Crippen molar-refractivity contribution >= 4 is 23.5 Å². The number of nitrogens with zero attached hydrogens (tertiary/aromatic N) is 1. The number of fused-ring (bicyclic) bond motifs is 1. The molecule has 104 valence electrons. The third-order valence-electron chi connectivity index (χ3n) is 3.23. The van der Waals surface area contributed by atoms with E-state index in [0.29, 0.717) is 12.1 Å². The van der Waals surface area contributed by atoms with E-state index in [1.54, 1.807) is 24.4 Å². The number of aromatic nitrogens is 1. The van der Waals surface area contributed by atoms with Crippen LogP contribution in [0.5, 0.6) is 5.75 Å². The van der Waals surface area contributed by atoms with Gasteiger partial charge >= 0.3 is 7.12 Å². The van der Waals surface area contributed by atoms with Gasteiger partial charge < -0.3 is 14.8 Å². The van der Waals surface area contributed by atoms with E-state index in [1.807, 2.05) is 36.4 Å². The van der Waals surface area contributed by atoms with Crippen LogP contribution in [0, 0.1) is 0 Å². The van der Waals surface area contributed by atoms with Crippen molar-refractivity contribution < 1.29 is 14.8 Å². The molecule has 0 radical (unpaired) electrons. The van der Waals surface area contributed by atoms with Crippen molar-refractivity contribution in [2.45, 2.75) is 6.61 Å². The second kappa shape index (κ2) is 5.95. The molecule has 1 heterocycles. The van der Waals surface area contributed by atoms with Crippen LogP contribution in [0.2, 0.25) is 0 Å². The van der Waals surface area contributed by atoms with E-state index < -0.39 is 7.12 Å². The van der Waals surface area contributed by atoms with Gasteiger partial charge in [0.2, 0.25) is 0 Å². The summed E-state index contributed by atoms with van der Waals surface area (Å²) in [6.45, 7) is 0.360. The van der Waals surface area contributed by atoms with Gasteiger partial charge in [-0.05, 0) is 29.2 Å². The third kappa shape index (κ3) is 3.21. The highest BCUT2D eigenvalue weighted by molar-refractivity contribution is 6.58. The molecule has 0 bridgehead atoms. The number of benzene rings is 2. The molecule has 0 saturated heterocycles. The van der Waals surface area contributed by atoms with Gasteiger partial charge in [-0.15, -0.1) is 0 Å². The van der Waals surface area contributed by atoms with E-state index in [4.69, 9.17) is 14.8 Å². The summed E-state index contributed by atoms with van der Waals surface area (Å²) in [6.07, 6.45) is 1.75. The first-order valence-electron chi connectivity index (χ1n) is 6.65. The van der Waals surface area contributed by atoms with Crippen molar-refractivity contribution in [2.75, 3.05) is 0 Å². The first-order chi connectivity index (χ1) is 10.2. The molecule has 0 spiro atoms. The Morgan fingerprint density at radius 3 is 2.76 bits per heavy atom. The molecule has 0 atom stereocenters. The Hall–Kier alpha value is -2.37. The first kappa shape index (κ1) is 13.6. The molecule has 4 nitrogen and oxygen atoms in total. The molecule has 0 amide bonds. The SMILES string of the molecule is OB(O)c1cccc(COc2ccc3cccnc3c2)c1. The predicted octanol–water partition coefficient (Wildman–Crippen LogP) is 1.49. The fourth-order valence-electron chi connectivity index (χ4n) is 2.15. The number of rotatable bonds is 4. The molecule has 21 heavy (non-hydrogen) atoms. The van der Waals surface area contributed by atoms with Crippen LogP contribution >= 0.6 is 0 Å². The molecule has 0 unspecified atom stereocenters. The summed E-state index contributed by atoms with van der Waals surface area (Å²) < 4.78 is 5.73. The van der Waals surface area contributed by atoms with Crippen LogP contribution in [-0.2, 0) is 6.61 Å². The van der Waals surface area contributed by atoms with Crippen LogP contribution in [0.15, 0.2) is 60.8 Å². The van der Waals surface area contributed by atoms with Crippen molar-refractivity contribution in [3.63, 3.8) is 0 Å². The highest BCUT2D eigenvalue weighted by Crippen LogP contribution is 2.19. The van der Waals surface area contributed by atoms with Crippen molar-refractivity contribution in [3.05, 3.63) is 66.4 Å². The molecular weight excluding hydrogens is 265 g/mol. The van der Waals surface area contributed by atoms with Gasteiger partial charge in [0, 0.05) is 17.6 Å². The fourth-order valence-corrected chi connectivity index (χ4v) is 2.15. The lowest BCUT2D eigenvalue weighted by molar-refractivity contribution is 0.306. The summed E-state index contributed by atoms with van der Waals surface area (Å²) in [7, 11) is -1.46. The average molecular weight is 279 g/mol. The van der Waals surface area contributed by atoms with Gasteiger partial charge in [-0.25, -0.2) is 0 Å². The number of hydrogen-bond donors (Lipinski definition) is 2. The van der Waals surface area contributed by atoms with E-state index in [9.17, 15) is 0 Å². The van der Waals surface area contributed by atoms with Crippen LogP contribution in [0.3, 0.4) is 0 Å². The Bertz CT molecular complexity index is 761. The minimum Gasteiger partial charge on any atom is -0.489 e. The minimum atomic E-state index is -1.46. The molecule has 0 saturated carbocycles. The zero-order valence-corrected chi connectivity index (χ0v) is 11.3. The summed E-state index contributed by atoms with van der Waals surface area (Å²) in [5, 5.41) is 19.4. The molecule has 3 rings (SSSR count). The predicted molar refractivity (Wildman–Crippen MR) is 82.3 cm³/mol. The fraction of sp³-hybridized carbons (Fsp3) is 0.0625. The van der Waals surface area contributed by atoms with E-state index in [2.05, 4.69) is 4.98 Å². The quantitative estimate of drug-likeness (QED) is 0.710. The molecule has 2 N–H and O–H groups in total. The maximum absolute atomic E-state index is 9.16. The normalized spacial score (nSPS) is 10.6. The van der Waals surface area contributed by atoms with Crippen LogP contribution in [0.25, 0.3) is 10.9 Å². The van der Waals surface area contributed by atoms with Gasteiger partial charge in [0.1, 0.15) is 12.4 Å². The second-order valence-electron chi connectivity index (χ2n) is 4.77. The van der Waals surface area contributed by atoms with E-state index in [-0.39, 0.29) is 0 Å². The van der Waals surface area contributed by atoms with Crippen molar-refractivity contribution in [3.8, 4) is 5.75 Å². The number of hydrogen-bond acceptors (Lipinski definition) is 4. The van der Waals surface area contributed by atoms with Gasteiger partial charge in [-0.3, -0.25) is 4.98 Å². The smallest absolute Gasteiger partial charge is 0.488 e. The Balaban J connectivity index is 1.75. The van der Waals surface area contributed by atoms with Gasteiger partial charge in [0.05, 0.1) is 5.52 Å². The summed E-state index contributed by atoms with van der Waals surface area (Å²) in [5.74, 6) is 0.733. The molecule has 5 heteroatoms. The molecule has 1 aromatic heterocycles. The second-order valence-corrected chi connectivity index (χ2v) is 4.77. The topological polar surface area (TPSA) is 62.6 Å². The van der Waals surface area contributed by atoms with E-state index >= 15 is 0 Å². The van der Waals surface area contributed by atoms with E-state index in [0.717, 1.165) is 22.2 Å². The monoisotopic (exact) mass is 279 g/mol. The van der Waals surface area contributed by atoms with Crippen molar-refractivity contribution in [1.82, 2.24) is 4.98 Å². The Kier molecular flexibility index (Phi) is 3.86. The summed E-state index contributed by atoms with van der Waals surface area (Å²) in [6, 6.07) is 16.7. The third-order valence-corrected chi connectivity index (χ3v) is 3.23. The molecule has 0 aliphatic carbocycles. The highest BCUT2D eigenvalue weighted by atomic mass is 16.5. The number of pyridine rings is 1.